The smallest absolute Gasteiger partial charge is 0.225 e. The summed E-state index contributed by atoms with van der Waals surface area (Å²) in [6, 6.07) is 16.4. The summed E-state index contributed by atoms with van der Waals surface area (Å²) in [5.74, 6) is -0.482. The van der Waals surface area contributed by atoms with E-state index in [4.69, 9.17) is 0 Å². The van der Waals surface area contributed by atoms with Crippen molar-refractivity contribution in [2.24, 2.45) is 0 Å². The van der Waals surface area contributed by atoms with Gasteiger partial charge in [-0.1, -0.05) is 48.0 Å². The molecule has 0 aromatic heterocycles. The Kier molecular flexibility index (Phi) is 5.33. The fourth-order valence-electron chi connectivity index (χ4n) is 2.00. The molecule has 0 aliphatic heterocycles. The Labute approximate surface area is 131 Å². The molecule has 0 fully saturated rings. The van der Waals surface area contributed by atoms with Crippen LogP contribution < -0.4 is 5.32 Å². The van der Waals surface area contributed by atoms with E-state index >= 15 is 0 Å². The van der Waals surface area contributed by atoms with E-state index in [0.717, 1.165) is 11.1 Å². The third-order valence-corrected chi connectivity index (χ3v) is 4.80. The molecule has 22 heavy (non-hydrogen) atoms. The van der Waals surface area contributed by atoms with E-state index in [0.29, 0.717) is 5.69 Å². The van der Waals surface area contributed by atoms with Crippen LogP contribution in [-0.2, 0) is 20.4 Å². The van der Waals surface area contributed by atoms with Crippen molar-refractivity contribution < 1.29 is 13.2 Å². The monoisotopic (exact) mass is 317 g/mol. The number of aryl methyl sites for hydroxylation is 1. The zero-order chi connectivity index (χ0) is 16.0. The average molecular weight is 317 g/mol. The molecule has 0 spiro atoms. The summed E-state index contributed by atoms with van der Waals surface area (Å²) in [5.41, 5.74) is 2.50. The minimum absolute atomic E-state index is 0.0358. The van der Waals surface area contributed by atoms with Crippen molar-refractivity contribution in [2.75, 3.05) is 11.1 Å². The van der Waals surface area contributed by atoms with Crippen LogP contribution in [0.15, 0.2) is 54.6 Å². The fourth-order valence-corrected chi connectivity index (χ4v) is 3.34. The number of nitrogens with one attached hydrogen (secondary N) is 1. The van der Waals surface area contributed by atoms with E-state index in [1.165, 1.54) is 0 Å². The third-order valence-electron chi connectivity index (χ3n) is 3.20. The van der Waals surface area contributed by atoms with Gasteiger partial charge in [-0.3, -0.25) is 4.79 Å². The standard InChI is InChI=1S/C17H19NO3S/c1-14-7-9-15(10-8-14)13-22(20,21)12-11-17(19)18-16-5-3-2-4-6-16/h2-10H,11-13H2,1H3,(H,18,19). The third kappa shape index (κ3) is 5.33. The molecule has 0 atom stereocenters. The Morgan fingerprint density at radius 1 is 1.00 bits per heavy atom. The second kappa shape index (κ2) is 7.22. The van der Waals surface area contributed by atoms with Gasteiger partial charge in [0.1, 0.15) is 0 Å². The van der Waals surface area contributed by atoms with Crippen LogP contribution in [0.5, 0.6) is 0 Å². The van der Waals surface area contributed by atoms with Crippen LogP contribution in [0.1, 0.15) is 17.5 Å². The largest absolute Gasteiger partial charge is 0.326 e. The van der Waals surface area contributed by atoms with E-state index in [1.807, 2.05) is 37.3 Å². The average Bonchev–Trinajstić information content (AvgIpc) is 2.49. The van der Waals surface area contributed by atoms with Crippen LogP contribution >= 0.6 is 0 Å². The molecule has 116 valence electrons. The number of hydrogen-bond donors (Lipinski definition) is 1. The number of para-hydroxylation sites is 1. The number of amides is 1. The summed E-state index contributed by atoms with van der Waals surface area (Å²) in [6.07, 6.45) is -0.0386. The zero-order valence-electron chi connectivity index (χ0n) is 12.5. The summed E-state index contributed by atoms with van der Waals surface area (Å²) in [5, 5.41) is 2.68. The highest BCUT2D eigenvalue weighted by atomic mass is 32.2. The molecule has 0 unspecified atom stereocenters. The predicted molar refractivity (Wildman–Crippen MR) is 88.4 cm³/mol. The molecule has 1 N–H and O–H groups in total. The van der Waals surface area contributed by atoms with Gasteiger partial charge in [0.05, 0.1) is 11.5 Å². The molecular weight excluding hydrogens is 298 g/mol. The molecule has 0 heterocycles. The summed E-state index contributed by atoms with van der Waals surface area (Å²) < 4.78 is 24.1. The first-order valence-corrected chi connectivity index (χ1v) is 8.88. The van der Waals surface area contributed by atoms with Crippen LogP contribution in [0.2, 0.25) is 0 Å². The highest BCUT2D eigenvalue weighted by Crippen LogP contribution is 2.10. The number of sulfone groups is 1. The quantitative estimate of drug-likeness (QED) is 0.891. The van der Waals surface area contributed by atoms with Crippen molar-refractivity contribution in [1.29, 1.82) is 0 Å². The lowest BCUT2D eigenvalue weighted by atomic mass is 10.2. The molecule has 0 bridgehead atoms. The molecule has 0 saturated heterocycles. The van der Waals surface area contributed by atoms with Crippen molar-refractivity contribution in [2.45, 2.75) is 19.1 Å². The van der Waals surface area contributed by atoms with Crippen molar-refractivity contribution in [3.8, 4) is 0 Å². The molecule has 0 saturated carbocycles. The van der Waals surface area contributed by atoms with E-state index in [9.17, 15) is 13.2 Å². The number of carbonyl (C=O) groups excluding carboxylic acids is 1. The molecular formula is C17H19NO3S. The second-order valence-electron chi connectivity index (χ2n) is 5.24. The summed E-state index contributed by atoms with van der Waals surface area (Å²) in [4.78, 5) is 11.8. The Balaban J connectivity index is 1.87. The predicted octanol–water partition coefficient (Wildman–Crippen LogP) is 2.94. The first kappa shape index (κ1) is 16.2. The van der Waals surface area contributed by atoms with Crippen LogP contribution in [0.4, 0.5) is 5.69 Å². The highest BCUT2D eigenvalue weighted by Gasteiger charge is 2.14. The summed E-state index contributed by atoms with van der Waals surface area (Å²) in [6.45, 7) is 1.95. The molecule has 1 amide bonds. The second-order valence-corrected chi connectivity index (χ2v) is 7.43. The van der Waals surface area contributed by atoms with Gasteiger partial charge < -0.3 is 5.32 Å². The lowest BCUT2D eigenvalue weighted by molar-refractivity contribution is -0.115. The minimum atomic E-state index is -3.30. The van der Waals surface area contributed by atoms with Gasteiger partial charge in [0.15, 0.2) is 9.84 Å². The highest BCUT2D eigenvalue weighted by molar-refractivity contribution is 7.90. The Morgan fingerprint density at radius 2 is 1.64 bits per heavy atom. The molecule has 0 aliphatic rings. The van der Waals surface area contributed by atoms with Crippen LogP contribution in [0.25, 0.3) is 0 Å². The lowest BCUT2D eigenvalue weighted by Crippen LogP contribution is -2.18. The van der Waals surface area contributed by atoms with Gasteiger partial charge in [0.25, 0.3) is 0 Å². The normalized spacial score (nSPS) is 11.1. The van der Waals surface area contributed by atoms with E-state index in [2.05, 4.69) is 5.32 Å². The van der Waals surface area contributed by atoms with Gasteiger partial charge in [-0.2, -0.15) is 0 Å². The first-order chi connectivity index (χ1) is 10.4. The van der Waals surface area contributed by atoms with Gasteiger partial charge in [-0.15, -0.1) is 0 Å². The molecule has 2 aromatic carbocycles. The first-order valence-electron chi connectivity index (χ1n) is 7.05. The van der Waals surface area contributed by atoms with E-state index in [-0.39, 0.29) is 23.8 Å². The van der Waals surface area contributed by atoms with Crippen molar-refractivity contribution in [1.82, 2.24) is 0 Å². The molecule has 5 heteroatoms. The number of carbonyl (C=O) groups is 1. The summed E-state index contributed by atoms with van der Waals surface area (Å²) >= 11 is 0. The number of anilines is 1. The van der Waals surface area contributed by atoms with Crippen molar-refractivity contribution >= 4 is 21.4 Å². The van der Waals surface area contributed by atoms with Crippen LogP contribution in [-0.4, -0.2) is 20.1 Å². The van der Waals surface area contributed by atoms with Gasteiger partial charge in [0.2, 0.25) is 5.91 Å². The van der Waals surface area contributed by atoms with Gasteiger partial charge in [-0.25, -0.2) is 8.42 Å². The number of hydrogen-bond acceptors (Lipinski definition) is 3. The SMILES string of the molecule is Cc1ccc(CS(=O)(=O)CCC(=O)Nc2ccccc2)cc1. The minimum Gasteiger partial charge on any atom is -0.326 e. The van der Waals surface area contributed by atoms with Gasteiger partial charge >= 0.3 is 0 Å². The van der Waals surface area contributed by atoms with Gasteiger partial charge in [-0.05, 0) is 24.6 Å². The Morgan fingerprint density at radius 3 is 2.27 bits per heavy atom. The van der Waals surface area contributed by atoms with Crippen LogP contribution in [0, 0.1) is 6.92 Å². The molecule has 0 aliphatic carbocycles. The van der Waals surface area contributed by atoms with Crippen LogP contribution in [0.3, 0.4) is 0 Å². The maximum atomic E-state index is 12.1. The summed E-state index contributed by atoms with van der Waals surface area (Å²) in [7, 11) is -3.30. The fraction of sp³-hybridized carbons (Fsp3) is 0.235. The van der Waals surface area contributed by atoms with Gasteiger partial charge in [0, 0.05) is 12.1 Å². The maximum Gasteiger partial charge on any atom is 0.225 e. The zero-order valence-corrected chi connectivity index (χ0v) is 13.3. The molecule has 4 nitrogen and oxygen atoms in total. The van der Waals surface area contributed by atoms with Crippen molar-refractivity contribution in [3.63, 3.8) is 0 Å². The molecule has 0 radical (unpaired) electrons. The topological polar surface area (TPSA) is 63.2 Å². The maximum absolute atomic E-state index is 12.1. The van der Waals surface area contributed by atoms with Crippen molar-refractivity contribution in [3.05, 3.63) is 65.7 Å². The molecule has 2 aromatic rings. The van der Waals surface area contributed by atoms with E-state index < -0.39 is 9.84 Å². The number of rotatable bonds is 6. The molecule has 2 rings (SSSR count). The Hall–Kier alpha value is -2.14. The Bertz CT molecular complexity index is 722. The number of benzene rings is 2. The van der Waals surface area contributed by atoms with E-state index in [1.54, 1.807) is 24.3 Å². The lowest BCUT2D eigenvalue weighted by Gasteiger charge is -2.06.